The van der Waals surface area contributed by atoms with Gasteiger partial charge in [-0.3, -0.25) is 4.79 Å². The minimum atomic E-state index is -0.190. The lowest BCUT2D eigenvalue weighted by atomic mass is 9.78. The van der Waals surface area contributed by atoms with Gasteiger partial charge < -0.3 is 15.5 Å². The van der Waals surface area contributed by atoms with Crippen LogP contribution in [0.25, 0.3) is 0 Å². The molecule has 164 valence electrons. The Kier molecular flexibility index (Phi) is 7.23. The molecule has 4 heteroatoms. The maximum atomic E-state index is 12.5. The molecule has 0 unspecified atom stereocenters. The molecule has 1 amide bonds. The summed E-state index contributed by atoms with van der Waals surface area (Å²) in [6.07, 6.45) is 2.65. The van der Waals surface area contributed by atoms with E-state index in [4.69, 9.17) is 0 Å². The molecule has 3 N–H and O–H groups in total. The Morgan fingerprint density at radius 2 is 1.47 bits per heavy atom. The smallest absolute Gasteiger partial charge is 0.224 e. The third kappa shape index (κ3) is 6.01. The average molecular weight is 412 g/mol. The number of phenols is 2. The summed E-state index contributed by atoms with van der Waals surface area (Å²) in [7, 11) is 0. The summed E-state index contributed by atoms with van der Waals surface area (Å²) >= 11 is 0. The lowest BCUT2D eigenvalue weighted by molar-refractivity contribution is -0.116. The lowest BCUT2D eigenvalue weighted by Gasteiger charge is -2.28. The molecule has 0 atom stereocenters. The summed E-state index contributed by atoms with van der Waals surface area (Å²) in [6, 6.07) is 9.25. The second kappa shape index (κ2) is 9.11. The summed E-state index contributed by atoms with van der Waals surface area (Å²) in [4.78, 5) is 12.5. The highest BCUT2D eigenvalue weighted by Crippen LogP contribution is 2.40. The molecular weight excluding hydrogens is 374 g/mol. The zero-order valence-corrected chi connectivity index (χ0v) is 19.5. The molecule has 2 rings (SSSR count). The van der Waals surface area contributed by atoms with Crippen molar-refractivity contribution in [3.05, 3.63) is 52.6 Å². The molecule has 0 bridgehead atoms. The van der Waals surface area contributed by atoms with E-state index < -0.39 is 0 Å². The zero-order chi connectivity index (χ0) is 22.7. The van der Waals surface area contributed by atoms with Crippen molar-refractivity contribution in [3.63, 3.8) is 0 Å². The highest BCUT2D eigenvalue weighted by molar-refractivity contribution is 5.91. The van der Waals surface area contributed by atoms with E-state index in [1.165, 1.54) is 0 Å². The fraction of sp³-hybridized carbons (Fsp3) is 0.500. The van der Waals surface area contributed by atoms with Crippen LogP contribution in [0, 0.1) is 0 Å². The Bertz CT molecular complexity index is 866. The van der Waals surface area contributed by atoms with Crippen molar-refractivity contribution in [2.45, 2.75) is 85.0 Å². The quantitative estimate of drug-likeness (QED) is 0.494. The number of rotatable bonds is 6. The molecule has 30 heavy (non-hydrogen) atoms. The number of nitrogens with one attached hydrogen (secondary N) is 1. The Morgan fingerprint density at radius 1 is 0.900 bits per heavy atom. The van der Waals surface area contributed by atoms with Gasteiger partial charge in [-0.2, -0.15) is 0 Å². The molecular formula is C26H37NO3. The van der Waals surface area contributed by atoms with Crippen LogP contribution in [0.15, 0.2) is 30.3 Å². The summed E-state index contributed by atoms with van der Waals surface area (Å²) in [5.41, 5.74) is 4.04. The number of carbonyl (C=O) groups is 1. The first-order chi connectivity index (χ1) is 13.8. The fourth-order valence-corrected chi connectivity index (χ4v) is 3.60. The summed E-state index contributed by atoms with van der Waals surface area (Å²) < 4.78 is 0. The highest BCUT2D eigenvalue weighted by atomic mass is 16.3. The monoisotopic (exact) mass is 411 g/mol. The number of aromatic hydroxyl groups is 2. The van der Waals surface area contributed by atoms with E-state index in [9.17, 15) is 15.0 Å². The van der Waals surface area contributed by atoms with Crippen molar-refractivity contribution < 1.29 is 15.0 Å². The van der Waals surface area contributed by atoms with Gasteiger partial charge in [-0.05, 0) is 64.1 Å². The van der Waals surface area contributed by atoms with Crippen molar-refractivity contribution in [1.29, 1.82) is 0 Å². The van der Waals surface area contributed by atoms with Crippen molar-refractivity contribution in [2.75, 3.05) is 5.32 Å². The summed E-state index contributed by atoms with van der Waals surface area (Å²) in [6.45, 7) is 14.6. The molecule has 0 aliphatic heterocycles. The first-order valence-corrected chi connectivity index (χ1v) is 10.8. The number of anilines is 1. The van der Waals surface area contributed by atoms with Gasteiger partial charge in [-0.25, -0.2) is 0 Å². The number of hydrogen-bond donors (Lipinski definition) is 3. The Labute approximate surface area is 181 Å². The normalized spacial score (nSPS) is 12.1. The lowest BCUT2D eigenvalue weighted by Crippen LogP contribution is -2.18. The van der Waals surface area contributed by atoms with E-state index in [0.717, 1.165) is 35.1 Å². The zero-order valence-electron chi connectivity index (χ0n) is 19.5. The van der Waals surface area contributed by atoms with Gasteiger partial charge in [-0.1, -0.05) is 67.0 Å². The van der Waals surface area contributed by atoms with Crippen LogP contribution >= 0.6 is 0 Å². The Balaban J connectivity index is 2.19. The second-order valence-corrected chi connectivity index (χ2v) is 10.2. The van der Waals surface area contributed by atoms with Crippen molar-refractivity contribution in [3.8, 4) is 11.5 Å². The van der Waals surface area contributed by atoms with Crippen LogP contribution in [-0.2, 0) is 28.5 Å². The first-order valence-electron chi connectivity index (χ1n) is 10.8. The molecule has 0 fully saturated rings. The van der Waals surface area contributed by atoms with Gasteiger partial charge in [-0.15, -0.1) is 0 Å². The van der Waals surface area contributed by atoms with Crippen LogP contribution < -0.4 is 5.32 Å². The van der Waals surface area contributed by atoms with Gasteiger partial charge in [0.25, 0.3) is 0 Å². The molecule has 0 saturated heterocycles. The highest BCUT2D eigenvalue weighted by Gasteiger charge is 2.26. The minimum Gasteiger partial charge on any atom is -0.508 e. The number of aryl methyl sites for hydroxylation is 2. The molecule has 0 spiro atoms. The molecule has 2 aromatic rings. The van der Waals surface area contributed by atoms with E-state index in [2.05, 4.69) is 53.8 Å². The molecule has 0 aliphatic carbocycles. The van der Waals surface area contributed by atoms with Crippen LogP contribution in [0.1, 0.15) is 83.6 Å². The maximum absolute atomic E-state index is 12.5. The number of hydrogen-bond acceptors (Lipinski definition) is 3. The van der Waals surface area contributed by atoms with Crippen molar-refractivity contribution >= 4 is 11.6 Å². The minimum absolute atomic E-state index is 0.0640. The molecule has 4 nitrogen and oxygen atoms in total. The van der Waals surface area contributed by atoms with E-state index in [1.807, 2.05) is 18.2 Å². The van der Waals surface area contributed by atoms with Gasteiger partial charge in [0.05, 0.1) is 0 Å². The largest absolute Gasteiger partial charge is 0.508 e. The number of amides is 1. The van der Waals surface area contributed by atoms with Crippen LogP contribution in [0.2, 0.25) is 0 Å². The third-order valence-corrected chi connectivity index (χ3v) is 5.31. The van der Waals surface area contributed by atoms with E-state index in [1.54, 1.807) is 12.1 Å². The van der Waals surface area contributed by atoms with Gasteiger partial charge in [0.15, 0.2) is 0 Å². The SMILES string of the molecule is CCCc1cc(NC(=O)CCc2cc(C(C)(C)C)c(O)c(C(C)(C)C)c2)ccc1O. The van der Waals surface area contributed by atoms with Crippen LogP contribution in [-0.4, -0.2) is 16.1 Å². The van der Waals surface area contributed by atoms with Crippen molar-refractivity contribution in [1.82, 2.24) is 0 Å². The molecule has 0 aromatic heterocycles. The van der Waals surface area contributed by atoms with Crippen molar-refractivity contribution in [2.24, 2.45) is 0 Å². The van der Waals surface area contributed by atoms with Gasteiger partial charge in [0, 0.05) is 12.1 Å². The van der Waals surface area contributed by atoms with Crippen LogP contribution in [0.5, 0.6) is 11.5 Å². The summed E-state index contributed by atoms with van der Waals surface area (Å²) in [5, 5.41) is 23.7. The van der Waals surface area contributed by atoms with Crippen LogP contribution in [0.4, 0.5) is 5.69 Å². The predicted octanol–water partition coefficient (Wildman–Crippen LogP) is 6.22. The molecule has 0 radical (unpaired) electrons. The number of phenolic OH excluding ortho intramolecular Hbond substituents is 2. The topological polar surface area (TPSA) is 69.6 Å². The molecule has 0 saturated carbocycles. The number of carbonyl (C=O) groups excluding carboxylic acids is 1. The average Bonchev–Trinajstić information content (AvgIpc) is 2.62. The standard InChI is InChI=1S/C26H37NO3/c1-8-9-18-16-19(11-12-22(18)28)27-23(29)13-10-17-14-20(25(2,3)4)24(30)21(15-17)26(5,6)7/h11-12,14-16,28,30H,8-10,13H2,1-7H3,(H,27,29). The molecule has 0 aliphatic rings. The molecule has 2 aromatic carbocycles. The number of benzene rings is 2. The predicted molar refractivity (Wildman–Crippen MR) is 125 cm³/mol. The summed E-state index contributed by atoms with van der Waals surface area (Å²) in [5.74, 6) is 0.560. The van der Waals surface area contributed by atoms with E-state index >= 15 is 0 Å². The van der Waals surface area contributed by atoms with Gasteiger partial charge >= 0.3 is 0 Å². The van der Waals surface area contributed by atoms with Gasteiger partial charge in [0.1, 0.15) is 11.5 Å². The van der Waals surface area contributed by atoms with E-state index in [-0.39, 0.29) is 22.5 Å². The second-order valence-electron chi connectivity index (χ2n) is 10.2. The fourth-order valence-electron chi connectivity index (χ4n) is 3.60. The van der Waals surface area contributed by atoms with Crippen LogP contribution in [0.3, 0.4) is 0 Å². The first kappa shape index (κ1) is 23.8. The molecule has 0 heterocycles. The third-order valence-electron chi connectivity index (χ3n) is 5.31. The maximum Gasteiger partial charge on any atom is 0.224 e. The van der Waals surface area contributed by atoms with E-state index in [0.29, 0.717) is 24.3 Å². The Morgan fingerprint density at radius 3 is 1.97 bits per heavy atom. The Hall–Kier alpha value is -2.49. The van der Waals surface area contributed by atoms with Gasteiger partial charge in [0.2, 0.25) is 5.91 Å².